The molecule has 6 rings (SSSR count). The van der Waals surface area contributed by atoms with E-state index in [0.717, 1.165) is 24.8 Å². The van der Waals surface area contributed by atoms with Crippen molar-refractivity contribution in [2.75, 3.05) is 0 Å². The molecule has 0 aliphatic heterocycles. The van der Waals surface area contributed by atoms with E-state index in [0.29, 0.717) is 11.8 Å². The Bertz CT molecular complexity index is 2310. The van der Waals surface area contributed by atoms with Crippen LogP contribution in [-0.4, -0.2) is 0 Å². The molecule has 0 bridgehead atoms. The van der Waals surface area contributed by atoms with Gasteiger partial charge in [-0.05, 0) is 150 Å². The molecule has 1 aliphatic carbocycles. The van der Waals surface area contributed by atoms with Crippen molar-refractivity contribution in [1.29, 1.82) is 0 Å². The molecular formula is C61H74. The fourth-order valence-corrected chi connectivity index (χ4v) is 7.79. The molecule has 0 saturated heterocycles. The largest absolute Gasteiger partial charge is 0.0988 e. The summed E-state index contributed by atoms with van der Waals surface area (Å²) in [6, 6.07) is 43.4. The first-order valence-corrected chi connectivity index (χ1v) is 22.6. The van der Waals surface area contributed by atoms with E-state index in [4.69, 9.17) is 0 Å². The SMILES string of the molecule is C=C(C)c1ccccc1C/C=C\C.C=C/C(C)=C(\C=C/C)C1=C(C(C)CC)C=CCC1.CC.Cc1ccccc1-c1ccccc1-c1ccccc1-c1ccccc1C(C)C. The lowest BCUT2D eigenvalue weighted by Crippen LogP contribution is -2.06. The Morgan fingerprint density at radius 3 is 1.70 bits per heavy atom. The van der Waals surface area contributed by atoms with Crippen LogP contribution in [0, 0.1) is 12.8 Å². The van der Waals surface area contributed by atoms with Crippen LogP contribution in [0.2, 0.25) is 0 Å². The third kappa shape index (κ3) is 13.9. The second kappa shape index (κ2) is 26.5. The fraction of sp³-hybridized carbons (Fsp3) is 0.279. The monoisotopic (exact) mass is 807 g/mol. The molecule has 5 aromatic carbocycles. The van der Waals surface area contributed by atoms with E-state index in [1.165, 1.54) is 84.3 Å². The summed E-state index contributed by atoms with van der Waals surface area (Å²) in [7, 11) is 0. The molecule has 0 fully saturated rings. The van der Waals surface area contributed by atoms with E-state index in [1.54, 1.807) is 0 Å². The maximum atomic E-state index is 3.97. The average molecular weight is 807 g/mol. The lowest BCUT2D eigenvalue weighted by molar-refractivity contribution is 0.655. The van der Waals surface area contributed by atoms with E-state index in [2.05, 4.69) is 226 Å². The van der Waals surface area contributed by atoms with Gasteiger partial charge in [0.1, 0.15) is 0 Å². The first-order chi connectivity index (χ1) is 29.6. The predicted octanol–water partition coefficient (Wildman–Crippen LogP) is 18.7. The summed E-state index contributed by atoms with van der Waals surface area (Å²) in [6.45, 7) is 31.5. The number of hydrogen-bond donors (Lipinski definition) is 0. The number of rotatable bonds is 12. The van der Waals surface area contributed by atoms with Gasteiger partial charge in [-0.2, -0.15) is 0 Å². The van der Waals surface area contributed by atoms with Gasteiger partial charge in [0.05, 0.1) is 0 Å². The molecule has 1 unspecified atom stereocenters. The summed E-state index contributed by atoms with van der Waals surface area (Å²) in [5.74, 6) is 1.12. The maximum absolute atomic E-state index is 3.97. The molecule has 1 aliphatic rings. The molecule has 0 radical (unpaired) electrons. The minimum atomic E-state index is 0.482. The minimum Gasteiger partial charge on any atom is -0.0988 e. The molecule has 318 valence electrons. The Kier molecular flexibility index (Phi) is 21.6. The van der Waals surface area contributed by atoms with Crippen LogP contribution in [0.5, 0.6) is 0 Å². The van der Waals surface area contributed by atoms with E-state index < -0.39 is 0 Å². The molecule has 0 heterocycles. The molecule has 1 atom stereocenters. The third-order valence-electron chi connectivity index (χ3n) is 11.2. The van der Waals surface area contributed by atoms with E-state index in [9.17, 15) is 0 Å². The molecule has 0 spiro atoms. The quantitative estimate of drug-likeness (QED) is 0.0870. The molecule has 61 heavy (non-hydrogen) atoms. The van der Waals surface area contributed by atoms with Crippen molar-refractivity contribution in [2.45, 2.75) is 108 Å². The lowest BCUT2D eigenvalue weighted by Gasteiger charge is -2.22. The normalized spacial score (nSPS) is 13.0. The van der Waals surface area contributed by atoms with Gasteiger partial charge in [-0.3, -0.25) is 0 Å². The van der Waals surface area contributed by atoms with Gasteiger partial charge in [-0.25, -0.2) is 0 Å². The fourth-order valence-electron chi connectivity index (χ4n) is 7.79. The van der Waals surface area contributed by atoms with Gasteiger partial charge in [0.2, 0.25) is 0 Å². The van der Waals surface area contributed by atoms with Crippen molar-refractivity contribution in [1.82, 2.24) is 0 Å². The van der Waals surface area contributed by atoms with Gasteiger partial charge in [-0.1, -0.05) is 224 Å². The van der Waals surface area contributed by atoms with Crippen LogP contribution in [0.25, 0.3) is 39.0 Å². The van der Waals surface area contributed by atoms with E-state index in [1.807, 2.05) is 26.8 Å². The highest BCUT2D eigenvalue weighted by molar-refractivity contribution is 5.92. The Morgan fingerprint density at radius 1 is 0.672 bits per heavy atom. The van der Waals surface area contributed by atoms with Crippen molar-refractivity contribution < 1.29 is 0 Å². The Balaban J connectivity index is 0.000000259. The second-order valence-corrected chi connectivity index (χ2v) is 15.8. The number of hydrogen-bond acceptors (Lipinski definition) is 0. The Labute approximate surface area is 372 Å². The highest BCUT2D eigenvalue weighted by Gasteiger charge is 2.17. The summed E-state index contributed by atoms with van der Waals surface area (Å²) in [6.07, 6.45) is 19.7. The predicted molar refractivity (Wildman–Crippen MR) is 275 cm³/mol. The highest BCUT2D eigenvalue weighted by Crippen LogP contribution is 2.41. The van der Waals surface area contributed by atoms with E-state index in [-0.39, 0.29) is 0 Å². The minimum absolute atomic E-state index is 0.482. The molecule has 0 aromatic heterocycles. The summed E-state index contributed by atoms with van der Waals surface area (Å²) in [5.41, 5.74) is 19.9. The first kappa shape index (κ1) is 49.6. The summed E-state index contributed by atoms with van der Waals surface area (Å²) < 4.78 is 0. The highest BCUT2D eigenvalue weighted by atomic mass is 14.2. The molecular weight excluding hydrogens is 733 g/mol. The van der Waals surface area contributed by atoms with Crippen molar-refractivity contribution >= 4 is 5.57 Å². The van der Waals surface area contributed by atoms with Crippen molar-refractivity contribution in [2.24, 2.45) is 5.92 Å². The standard InChI is InChI=1S/C28H26.C18H26.C13H16.C2H6/c1-20(2)22-13-6-7-15-24(22)26-17-10-11-19-28(26)27-18-9-8-16-25(27)23-14-5-4-12-21(23)3;1-6-11-16(14(4)7-2)18-13-10-9-12-17(18)15(5)8-3;1-4-5-8-12-9-6-7-10-13(12)11(2)3;1-2/h4-20H,1-3H3;6-7,9,11-12,15H,2,8,10,13H2,1,3-5H3;4-7,9-10H,2,8H2,1,3H3;1-2H3/b;11-6-,16-14+;5-4-;. The number of aryl methyl sites for hydroxylation is 1. The van der Waals surface area contributed by atoms with Gasteiger partial charge in [-0.15, -0.1) is 0 Å². The Morgan fingerprint density at radius 2 is 1.18 bits per heavy atom. The van der Waals surface area contributed by atoms with Crippen LogP contribution in [-0.2, 0) is 6.42 Å². The number of benzene rings is 5. The van der Waals surface area contributed by atoms with Gasteiger partial charge < -0.3 is 0 Å². The molecule has 0 heteroatoms. The maximum Gasteiger partial charge on any atom is -0.00915 e. The third-order valence-corrected chi connectivity index (χ3v) is 11.2. The van der Waals surface area contributed by atoms with Gasteiger partial charge in [0.25, 0.3) is 0 Å². The van der Waals surface area contributed by atoms with Crippen molar-refractivity contribution in [3.8, 4) is 33.4 Å². The molecule has 0 saturated carbocycles. The summed E-state index contributed by atoms with van der Waals surface area (Å²) in [5, 5.41) is 0. The Hall–Kier alpha value is -5.72. The molecule has 0 N–H and O–H groups in total. The zero-order chi connectivity index (χ0) is 44.7. The topological polar surface area (TPSA) is 0 Å². The first-order valence-electron chi connectivity index (χ1n) is 22.6. The lowest BCUT2D eigenvalue weighted by atomic mass is 9.83. The van der Waals surface area contributed by atoms with Crippen LogP contribution in [0.15, 0.2) is 199 Å². The smallest absolute Gasteiger partial charge is 0.00915 e. The van der Waals surface area contributed by atoms with Gasteiger partial charge >= 0.3 is 0 Å². The zero-order valence-electron chi connectivity index (χ0n) is 39.5. The average Bonchev–Trinajstić information content (AvgIpc) is 3.31. The summed E-state index contributed by atoms with van der Waals surface area (Å²) >= 11 is 0. The van der Waals surface area contributed by atoms with Crippen molar-refractivity contribution in [3.63, 3.8) is 0 Å². The van der Waals surface area contributed by atoms with E-state index >= 15 is 0 Å². The van der Waals surface area contributed by atoms with Crippen LogP contribution < -0.4 is 0 Å². The van der Waals surface area contributed by atoms with Gasteiger partial charge in [0.15, 0.2) is 0 Å². The van der Waals surface area contributed by atoms with Crippen molar-refractivity contribution in [3.05, 3.63) is 222 Å². The zero-order valence-corrected chi connectivity index (χ0v) is 39.5. The van der Waals surface area contributed by atoms with Crippen LogP contribution >= 0.6 is 0 Å². The van der Waals surface area contributed by atoms with Crippen LogP contribution in [0.3, 0.4) is 0 Å². The number of allylic oxidation sites excluding steroid dienone is 12. The van der Waals surface area contributed by atoms with Crippen LogP contribution in [0.4, 0.5) is 0 Å². The second-order valence-electron chi connectivity index (χ2n) is 15.8. The molecule has 0 amide bonds. The molecule has 0 nitrogen and oxygen atoms in total. The van der Waals surface area contributed by atoms with Gasteiger partial charge in [0, 0.05) is 0 Å². The van der Waals surface area contributed by atoms with Crippen LogP contribution in [0.1, 0.15) is 117 Å². The molecule has 5 aromatic rings. The summed E-state index contributed by atoms with van der Waals surface area (Å²) in [4.78, 5) is 0.